The summed E-state index contributed by atoms with van der Waals surface area (Å²) in [6.07, 6.45) is -4.85. The zero-order valence-corrected chi connectivity index (χ0v) is 25.3. The third kappa shape index (κ3) is 11.6. The molecule has 0 radical (unpaired) electrons. The maximum atomic E-state index is 12.8. The van der Waals surface area contributed by atoms with Crippen LogP contribution in [0.25, 0.3) is 11.1 Å². The van der Waals surface area contributed by atoms with Gasteiger partial charge in [-0.1, -0.05) is 52.0 Å². The number of rotatable bonds is 6. The van der Waals surface area contributed by atoms with Crippen molar-refractivity contribution in [2.75, 3.05) is 35.6 Å². The van der Waals surface area contributed by atoms with Gasteiger partial charge in [-0.3, -0.25) is 9.69 Å². The summed E-state index contributed by atoms with van der Waals surface area (Å²) in [6.45, 7) is 15.6. The van der Waals surface area contributed by atoms with Crippen LogP contribution in [0.2, 0.25) is 0 Å². The molecule has 4 rings (SSSR count). The Hall–Kier alpha value is -3.83. The average Bonchev–Trinajstić information content (AvgIpc) is 2.98. The molecule has 11 heteroatoms. The lowest BCUT2D eigenvalue weighted by Crippen LogP contribution is -2.39. The molecular formula is C31H40F3N3O4S. The van der Waals surface area contributed by atoms with Crippen LogP contribution < -0.4 is 15.8 Å². The van der Waals surface area contributed by atoms with Crippen molar-refractivity contribution in [1.29, 1.82) is 0 Å². The predicted molar refractivity (Wildman–Crippen MR) is 165 cm³/mol. The molecule has 1 amide bonds. The summed E-state index contributed by atoms with van der Waals surface area (Å²) in [5.74, 6) is -0.447. The Labute approximate surface area is 247 Å². The van der Waals surface area contributed by atoms with Gasteiger partial charge in [-0.2, -0.15) is 0 Å². The first kappa shape index (κ1) is 36.2. The Bertz CT molecular complexity index is 1350. The number of nitrogens with zero attached hydrogens (tertiary/aromatic N) is 1. The van der Waals surface area contributed by atoms with Crippen molar-refractivity contribution in [3.8, 4) is 16.9 Å². The number of ether oxygens (including phenoxy) is 1. The highest BCUT2D eigenvalue weighted by Gasteiger charge is 2.32. The zero-order valence-electron chi connectivity index (χ0n) is 24.5. The summed E-state index contributed by atoms with van der Waals surface area (Å²) >= 11 is 0. The summed E-state index contributed by atoms with van der Waals surface area (Å²) in [6, 6.07) is 17.1. The number of carbonyl (C=O) groups is 1. The van der Waals surface area contributed by atoms with Gasteiger partial charge in [-0.05, 0) is 53.6 Å². The highest BCUT2D eigenvalue weighted by Crippen LogP contribution is 2.35. The molecule has 0 unspecified atom stereocenters. The minimum atomic E-state index is -4.85. The van der Waals surface area contributed by atoms with Crippen LogP contribution in [0.1, 0.15) is 43.6 Å². The first-order valence-electron chi connectivity index (χ1n) is 13.6. The molecule has 0 bridgehead atoms. The predicted octanol–water partition coefficient (Wildman–Crippen LogP) is 7.17. The second kappa shape index (κ2) is 17.2. The van der Waals surface area contributed by atoms with Gasteiger partial charge in [0.25, 0.3) is 5.91 Å². The van der Waals surface area contributed by atoms with Crippen molar-refractivity contribution in [3.05, 3.63) is 91.0 Å². The van der Waals surface area contributed by atoms with Crippen LogP contribution in [0.15, 0.2) is 79.9 Å². The quantitative estimate of drug-likeness (QED) is 0.228. The van der Waals surface area contributed by atoms with Crippen LogP contribution in [-0.2, 0) is 16.4 Å². The smallest absolute Gasteiger partial charge is 0.405 e. The topological polar surface area (TPSA) is 102 Å². The van der Waals surface area contributed by atoms with Gasteiger partial charge in [0.2, 0.25) is 0 Å². The minimum Gasteiger partial charge on any atom is -0.405 e. The normalized spacial score (nSPS) is 14.0. The Morgan fingerprint density at radius 3 is 2.00 bits per heavy atom. The van der Waals surface area contributed by atoms with Crippen molar-refractivity contribution in [3.63, 3.8) is 0 Å². The van der Waals surface area contributed by atoms with Crippen LogP contribution in [-0.4, -0.2) is 50.2 Å². The monoisotopic (exact) mass is 607 g/mol. The number of alkyl halides is 3. The molecule has 0 aliphatic carbocycles. The lowest BCUT2D eigenvalue weighted by Gasteiger charge is -2.26. The Morgan fingerprint density at radius 1 is 0.929 bits per heavy atom. The Morgan fingerprint density at radius 2 is 1.48 bits per heavy atom. The van der Waals surface area contributed by atoms with E-state index in [4.69, 9.17) is 5.73 Å². The van der Waals surface area contributed by atoms with Gasteiger partial charge in [0.15, 0.2) is 9.84 Å². The zero-order chi connectivity index (χ0) is 31.9. The van der Waals surface area contributed by atoms with E-state index in [2.05, 4.69) is 28.1 Å². The number of carbonyl (C=O) groups excluding carboxylic acids is 1. The van der Waals surface area contributed by atoms with Crippen LogP contribution in [0.4, 0.5) is 24.5 Å². The molecule has 3 aromatic rings. The molecule has 0 atom stereocenters. The first-order chi connectivity index (χ1) is 20.0. The van der Waals surface area contributed by atoms with Gasteiger partial charge in [0, 0.05) is 42.1 Å². The van der Waals surface area contributed by atoms with E-state index in [0.717, 1.165) is 11.6 Å². The van der Waals surface area contributed by atoms with E-state index in [1.54, 1.807) is 12.1 Å². The fourth-order valence-corrected chi connectivity index (χ4v) is 5.13. The molecule has 1 fully saturated rings. The minimum absolute atomic E-state index is 0.154. The number of amides is 1. The summed E-state index contributed by atoms with van der Waals surface area (Å²) in [5, 5.41) is 2.79. The molecule has 0 aromatic heterocycles. The van der Waals surface area contributed by atoms with Crippen LogP contribution in [0.5, 0.6) is 5.75 Å². The van der Waals surface area contributed by atoms with E-state index in [0.29, 0.717) is 36.4 Å². The number of nitrogens with two attached hydrogens (primary N) is 1. The van der Waals surface area contributed by atoms with Gasteiger partial charge >= 0.3 is 6.36 Å². The van der Waals surface area contributed by atoms with E-state index in [9.17, 15) is 26.4 Å². The summed E-state index contributed by atoms with van der Waals surface area (Å²) < 4.78 is 65.5. The molecule has 1 aliphatic rings. The summed E-state index contributed by atoms with van der Waals surface area (Å²) in [7, 11) is -2.93. The maximum absolute atomic E-state index is 12.8. The highest BCUT2D eigenvalue weighted by atomic mass is 32.2. The van der Waals surface area contributed by atoms with Crippen LogP contribution in [0, 0.1) is 0 Å². The fraction of sp³-hybridized carbons (Fsp3) is 0.323. The van der Waals surface area contributed by atoms with Crippen molar-refractivity contribution >= 4 is 27.1 Å². The Kier molecular flexibility index (Phi) is 14.8. The standard InChI is InChI=1S/C25H24F3N3O4S.2C2H6.C2H4/c26-25(27,28)35-23-10-7-20(29)15-22(23)18-3-5-19(6-4-18)24(32)30-21-8-1-17(2-9-21)16-31-11-13-36(33,34)14-12-31;3*1-2/h1-10,15H,11-14,16,29H2,(H,30,32);2*1-2H3;1-2H2. The Balaban J connectivity index is 0.00000138. The van der Waals surface area contributed by atoms with Crippen molar-refractivity contribution in [2.45, 2.75) is 40.6 Å². The van der Waals surface area contributed by atoms with Gasteiger partial charge in [-0.15, -0.1) is 26.3 Å². The summed E-state index contributed by atoms with van der Waals surface area (Å²) in [4.78, 5) is 14.7. The largest absolute Gasteiger partial charge is 0.573 e. The molecule has 0 spiro atoms. The molecule has 7 nitrogen and oxygen atoms in total. The lowest BCUT2D eigenvalue weighted by molar-refractivity contribution is -0.274. The molecular weight excluding hydrogens is 567 g/mol. The molecule has 230 valence electrons. The van der Waals surface area contributed by atoms with Crippen LogP contribution in [0.3, 0.4) is 0 Å². The number of benzene rings is 3. The fourth-order valence-electron chi connectivity index (χ4n) is 3.85. The number of hydrogen-bond acceptors (Lipinski definition) is 6. The van der Waals surface area contributed by atoms with Crippen molar-refractivity contribution in [1.82, 2.24) is 4.90 Å². The molecule has 0 saturated carbocycles. The number of sulfone groups is 1. The second-order valence-electron chi connectivity index (χ2n) is 8.46. The molecule has 1 saturated heterocycles. The number of halogens is 3. The van der Waals surface area contributed by atoms with Crippen LogP contribution >= 0.6 is 0 Å². The molecule has 3 aromatic carbocycles. The third-order valence-electron chi connectivity index (χ3n) is 5.74. The van der Waals surface area contributed by atoms with E-state index in [1.165, 1.54) is 36.4 Å². The van der Waals surface area contributed by atoms with E-state index >= 15 is 0 Å². The maximum Gasteiger partial charge on any atom is 0.573 e. The molecule has 1 aliphatic heterocycles. The molecule has 1 heterocycles. The highest BCUT2D eigenvalue weighted by molar-refractivity contribution is 7.91. The SMILES string of the molecule is C=C.CC.CC.Nc1ccc(OC(F)(F)F)c(-c2ccc(C(=O)Nc3ccc(CN4CCS(=O)(=O)CC4)cc3)cc2)c1. The number of nitrogen functional groups attached to an aromatic ring is 1. The van der Waals surface area contributed by atoms with Gasteiger partial charge < -0.3 is 15.8 Å². The number of nitrogens with one attached hydrogen (secondary N) is 1. The van der Waals surface area contributed by atoms with E-state index < -0.39 is 16.2 Å². The molecule has 3 N–H and O–H groups in total. The van der Waals surface area contributed by atoms with Crippen molar-refractivity contribution in [2.24, 2.45) is 0 Å². The van der Waals surface area contributed by atoms with Gasteiger partial charge in [0.05, 0.1) is 11.5 Å². The summed E-state index contributed by atoms with van der Waals surface area (Å²) in [5.41, 5.74) is 8.47. The van der Waals surface area contributed by atoms with Crippen molar-refractivity contribution < 1.29 is 31.1 Å². The third-order valence-corrected chi connectivity index (χ3v) is 7.35. The number of hydrogen-bond donors (Lipinski definition) is 2. The number of anilines is 2. The van der Waals surface area contributed by atoms with Gasteiger partial charge in [-0.25, -0.2) is 8.42 Å². The lowest BCUT2D eigenvalue weighted by atomic mass is 10.0. The second-order valence-corrected chi connectivity index (χ2v) is 10.8. The van der Waals surface area contributed by atoms with E-state index in [1.807, 2.05) is 39.8 Å². The van der Waals surface area contributed by atoms with Gasteiger partial charge in [0.1, 0.15) is 5.75 Å². The first-order valence-corrected chi connectivity index (χ1v) is 15.4. The molecule has 42 heavy (non-hydrogen) atoms. The average molecular weight is 608 g/mol. The van der Waals surface area contributed by atoms with E-state index in [-0.39, 0.29) is 34.4 Å².